The van der Waals surface area contributed by atoms with E-state index in [0.717, 1.165) is 37.8 Å². The lowest BCUT2D eigenvalue weighted by molar-refractivity contribution is -0.129. The number of aliphatic hydroxyl groups is 2. The van der Waals surface area contributed by atoms with Crippen LogP contribution in [0.3, 0.4) is 0 Å². The molecule has 4 bridgehead atoms. The second-order valence-corrected chi connectivity index (χ2v) is 10.3. The van der Waals surface area contributed by atoms with Gasteiger partial charge in [0.1, 0.15) is 0 Å². The SMILES string of the molecule is Cc1cc(Nc2nc(NC3C4CC5CC3CC(O)(C5)C4)nc(N3CC[C@H](O)C3)c2F)n[nH]1. The lowest BCUT2D eigenvalue weighted by Gasteiger charge is -2.58. The third kappa shape index (κ3) is 3.49. The fourth-order valence-corrected chi connectivity index (χ4v) is 6.70. The summed E-state index contributed by atoms with van der Waals surface area (Å²) in [5.41, 5.74) is 0.342. The number of H-pyrrole nitrogens is 1. The molecule has 3 atom stereocenters. The molecule has 5 aliphatic rings. The van der Waals surface area contributed by atoms with E-state index in [-0.39, 0.29) is 17.7 Å². The molecule has 1 saturated heterocycles. The highest BCUT2D eigenvalue weighted by Crippen LogP contribution is 2.56. The molecule has 4 saturated carbocycles. The molecule has 0 radical (unpaired) electrons. The Bertz CT molecular complexity index is 1010. The predicted molar refractivity (Wildman–Crippen MR) is 117 cm³/mol. The molecule has 2 aromatic rings. The molecular formula is C22H30FN7O2. The van der Waals surface area contributed by atoms with Crippen LogP contribution >= 0.6 is 0 Å². The second kappa shape index (κ2) is 7.28. The van der Waals surface area contributed by atoms with E-state index in [1.165, 1.54) is 0 Å². The van der Waals surface area contributed by atoms with Crippen molar-refractivity contribution >= 4 is 23.4 Å². The average Bonchev–Trinajstić information content (AvgIpc) is 3.33. The fourth-order valence-electron chi connectivity index (χ4n) is 6.70. The molecule has 9 nitrogen and oxygen atoms in total. The normalized spacial score (nSPS) is 35.5. The van der Waals surface area contributed by atoms with Gasteiger partial charge in [-0.2, -0.15) is 19.5 Å². The van der Waals surface area contributed by atoms with Crippen LogP contribution in [0.4, 0.5) is 27.8 Å². The summed E-state index contributed by atoms with van der Waals surface area (Å²) in [6.45, 7) is 2.76. The van der Waals surface area contributed by atoms with E-state index >= 15 is 4.39 Å². The molecule has 0 spiro atoms. The number of aryl methyl sites for hydroxylation is 1. The Morgan fingerprint density at radius 1 is 1.22 bits per heavy atom. The Kier molecular flexibility index (Phi) is 4.59. The number of nitrogens with zero attached hydrogens (tertiary/aromatic N) is 4. The number of nitrogens with one attached hydrogen (secondary N) is 3. The zero-order valence-corrected chi connectivity index (χ0v) is 18.2. The van der Waals surface area contributed by atoms with Crippen molar-refractivity contribution in [3.05, 3.63) is 17.6 Å². The summed E-state index contributed by atoms with van der Waals surface area (Å²) >= 11 is 0. The highest BCUT2D eigenvalue weighted by atomic mass is 19.1. The van der Waals surface area contributed by atoms with Gasteiger partial charge < -0.3 is 25.7 Å². The lowest BCUT2D eigenvalue weighted by Crippen LogP contribution is -2.59. The molecule has 2 aromatic heterocycles. The molecule has 172 valence electrons. The van der Waals surface area contributed by atoms with Crippen molar-refractivity contribution in [1.82, 2.24) is 20.2 Å². The van der Waals surface area contributed by atoms with Crippen LogP contribution in [0.15, 0.2) is 6.07 Å². The Hall–Kier alpha value is -2.46. The van der Waals surface area contributed by atoms with Crippen LogP contribution in [0.2, 0.25) is 0 Å². The first-order valence-electron chi connectivity index (χ1n) is 11.6. The molecular weight excluding hydrogens is 413 g/mol. The number of hydrogen-bond donors (Lipinski definition) is 5. The van der Waals surface area contributed by atoms with Crippen molar-refractivity contribution in [2.24, 2.45) is 17.8 Å². The fraction of sp³-hybridized carbons (Fsp3) is 0.682. The molecule has 5 fully saturated rings. The van der Waals surface area contributed by atoms with Gasteiger partial charge in [0.05, 0.1) is 11.7 Å². The number of β-amino-alcohol motifs (C(OH)–C–C–N with tert-alkyl or cyclic N) is 1. The highest BCUT2D eigenvalue weighted by molar-refractivity contribution is 5.61. The van der Waals surface area contributed by atoms with Gasteiger partial charge in [-0.1, -0.05) is 0 Å². The Labute approximate surface area is 185 Å². The standard InChI is InChI=1S/C22H30FN7O2/c1-11-4-16(29-28-11)24-19-17(23)20(30-3-2-15(31)10-30)27-21(26-19)25-18-13-5-12-6-14(18)9-22(32,7-12)8-13/h4,12-15,18,31-32H,2-3,5-10H2,1H3,(H3,24,25,26,27,28,29)/t12?,13?,14?,15-,18?,22?/m0/s1. The molecule has 32 heavy (non-hydrogen) atoms. The quantitative estimate of drug-likeness (QED) is 0.477. The molecule has 1 aliphatic heterocycles. The van der Waals surface area contributed by atoms with Crippen molar-refractivity contribution in [3.63, 3.8) is 0 Å². The molecule has 5 N–H and O–H groups in total. The number of aromatic amines is 1. The molecule has 4 aliphatic carbocycles. The highest BCUT2D eigenvalue weighted by Gasteiger charge is 2.54. The third-order valence-corrected chi connectivity index (χ3v) is 7.79. The van der Waals surface area contributed by atoms with Crippen LogP contribution in [-0.4, -0.2) is 61.2 Å². The number of hydrogen-bond acceptors (Lipinski definition) is 8. The summed E-state index contributed by atoms with van der Waals surface area (Å²) < 4.78 is 15.4. The molecule has 10 heteroatoms. The van der Waals surface area contributed by atoms with Crippen molar-refractivity contribution in [2.75, 3.05) is 28.6 Å². The van der Waals surface area contributed by atoms with Crippen LogP contribution < -0.4 is 15.5 Å². The van der Waals surface area contributed by atoms with Gasteiger partial charge in [-0.3, -0.25) is 5.10 Å². The maximum atomic E-state index is 15.4. The van der Waals surface area contributed by atoms with Crippen LogP contribution in [0.5, 0.6) is 0 Å². The maximum Gasteiger partial charge on any atom is 0.227 e. The van der Waals surface area contributed by atoms with Gasteiger partial charge in [-0.15, -0.1) is 0 Å². The van der Waals surface area contributed by atoms with E-state index in [0.29, 0.717) is 49.0 Å². The van der Waals surface area contributed by atoms with Gasteiger partial charge in [-0.05, 0) is 63.2 Å². The monoisotopic (exact) mass is 443 g/mol. The summed E-state index contributed by atoms with van der Waals surface area (Å²) in [6, 6.07) is 1.96. The number of aromatic nitrogens is 4. The molecule has 0 aromatic carbocycles. The number of rotatable bonds is 5. The minimum Gasteiger partial charge on any atom is -0.391 e. The van der Waals surface area contributed by atoms with Gasteiger partial charge >= 0.3 is 0 Å². The summed E-state index contributed by atoms with van der Waals surface area (Å²) in [5.74, 6) is 1.92. The van der Waals surface area contributed by atoms with Gasteiger partial charge in [0.25, 0.3) is 0 Å². The summed E-state index contributed by atoms with van der Waals surface area (Å²) in [6.07, 6.45) is 4.86. The zero-order chi connectivity index (χ0) is 22.0. The smallest absolute Gasteiger partial charge is 0.227 e. The Morgan fingerprint density at radius 2 is 2.00 bits per heavy atom. The van der Waals surface area contributed by atoms with Gasteiger partial charge in [0.15, 0.2) is 17.5 Å². The van der Waals surface area contributed by atoms with Crippen LogP contribution in [0, 0.1) is 30.5 Å². The minimum absolute atomic E-state index is 0.0628. The third-order valence-electron chi connectivity index (χ3n) is 7.79. The van der Waals surface area contributed by atoms with E-state index in [2.05, 4.69) is 30.8 Å². The molecule has 3 heterocycles. The van der Waals surface area contributed by atoms with Gasteiger partial charge in [-0.25, -0.2) is 0 Å². The van der Waals surface area contributed by atoms with Crippen molar-refractivity contribution in [2.45, 2.75) is 63.2 Å². The summed E-state index contributed by atoms with van der Waals surface area (Å²) in [5, 5.41) is 34.3. The van der Waals surface area contributed by atoms with Crippen molar-refractivity contribution in [3.8, 4) is 0 Å². The first-order valence-corrected chi connectivity index (χ1v) is 11.6. The summed E-state index contributed by atoms with van der Waals surface area (Å²) in [4.78, 5) is 10.8. The van der Waals surface area contributed by atoms with E-state index in [1.807, 2.05) is 6.92 Å². The minimum atomic E-state index is -0.551. The number of aliphatic hydroxyl groups excluding tert-OH is 1. The van der Waals surface area contributed by atoms with Crippen molar-refractivity contribution in [1.29, 1.82) is 0 Å². The maximum absolute atomic E-state index is 15.4. The van der Waals surface area contributed by atoms with E-state index in [9.17, 15) is 10.2 Å². The topological polar surface area (TPSA) is 122 Å². The van der Waals surface area contributed by atoms with E-state index in [1.54, 1.807) is 11.0 Å². The van der Waals surface area contributed by atoms with Crippen LogP contribution in [-0.2, 0) is 0 Å². The molecule has 7 rings (SSSR count). The van der Waals surface area contributed by atoms with Gasteiger partial charge in [0, 0.05) is 30.9 Å². The number of halogens is 1. The van der Waals surface area contributed by atoms with Gasteiger partial charge in [0.2, 0.25) is 11.8 Å². The van der Waals surface area contributed by atoms with Crippen LogP contribution in [0.25, 0.3) is 0 Å². The number of anilines is 4. The lowest BCUT2D eigenvalue weighted by atomic mass is 9.52. The first-order chi connectivity index (χ1) is 15.3. The van der Waals surface area contributed by atoms with E-state index < -0.39 is 17.5 Å². The molecule has 2 unspecified atom stereocenters. The molecule has 0 amide bonds. The average molecular weight is 444 g/mol. The summed E-state index contributed by atoms with van der Waals surface area (Å²) in [7, 11) is 0. The first kappa shape index (κ1) is 20.2. The van der Waals surface area contributed by atoms with Crippen molar-refractivity contribution < 1.29 is 14.6 Å². The van der Waals surface area contributed by atoms with E-state index in [4.69, 9.17) is 0 Å². The predicted octanol–water partition coefficient (Wildman–Crippen LogP) is 2.31. The van der Waals surface area contributed by atoms with Crippen LogP contribution in [0.1, 0.15) is 44.2 Å². The Balaban J connectivity index is 1.32. The largest absolute Gasteiger partial charge is 0.391 e. The second-order valence-electron chi connectivity index (χ2n) is 10.3. The zero-order valence-electron chi connectivity index (χ0n) is 18.2. The Morgan fingerprint density at radius 3 is 2.62 bits per heavy atom.